The summed E-state index contributed by atoms with van der Waals surface area (Å²) in [5.41, 5.74) is 0. The molecule has 0 saturated carbocycles. The molecule has 0 aromatic carbocycles. The monoisotopic (exact) mass is 247 g/mol. The van der Waals surface area contributed by atoms with Crippen molar-refractivity contribution in [1.29, 1.82) is 0 Å². The van der Waals surface area contributed by atoms with Gasteiger partial charge in [-0.25, -0.2) is 0 Å². The Morgan fingerprint density at radius 2 is 1.94 bits per heavy atom. The van der Waals surface area contributed by atoms with Crippen LogP contribution in [0.2, 0.25) is 0 Å². The van der Waals surface area contributed by atoms with E-state index in [1.165, 1.54) is 0 Å². The van der Waals surface area contributed by atoms with Crippen LogP contribution in [0.5, 0.6) is 0 Å². The predicted octanol–water partition coefficient (Wildman–Crippen LogP) is 1.24. The lowest BCUT2D eigenvalue weighted by molar-refractivity contribution is -0.122. The molecule has 0 heterocycles. The summed E-state index contributed by atoms with van der Waals surface area (Å²) < 4.78 is 5.24. The molecule has 0 aliphatic heterocycles. The summed E-state index contributed by atoms with van der Waals surface area (Å²) in [5, 5.41) is 2.52. The molecular weight excluding hydrogens is 226 g/mol. The Labute approximate surface area is 101 Å². The van der Waals surface area contributed by atoms with Crippen molar-refractivity contribution in [2.24, 2.45) is 0 Å². The first-order valence-electron chi connectivity index (χ1n) is 5.49. The molecule has 5 heteroatoms. The van der Waals surface area contributed by atoms with Crippen molar-refractivity contribution in [3.8, 4) is 0 Å². The van der Waals surface area contributed by atoms with E-state index >= 15 is 0 Å². The van der Waals surface area contributed by atoms with Crippen LogP contribution in [0.15, 0.2) is 0 Å². The Bertz CT molecular complexity index is 209. The molecule has 0 saturated heterocycles. The fourth-order valence-corrected chi connectivity index (χ4v) is 1.54. The smallest absolute Gasteiger partial charge is 0.222 e. The predicted molar refractivity (Wildman–Crippen MR) is 66.7 cm³/mol. The first-order chi connectivity index (χ1) is 7.70. The normalized spacial score (nSPS) is 10.1. The Morgan fingerprint density at radius 1 is 1.19 bits per heavy atom. The standard InChI is InChI=1S/C11H21NO3S/c1-12-11(14)5-8-15-7-3-4-10(13)6-9-16-2/h3-9H2,1-2H3,(H,12,14). The highest BCUT2D eigenvalue weighted by Gasteiger charge is 2.01. The van der Waals surface area contributed by atoms with Crippen LogP contribution in [0.4, 0.5) is 0 Å². The van der Waals surface area contributed by atoms with E-state index in [1.54, 1.807) is 18.8 Å². The Kier molecular flexibility index (Phi) is 10.6. The molecule has 0 unspecified atom stereocenters. The minimum absolute atomic E-state index is 0.0175. The number of ether oxygens (including phenoxy) is 1. The number of carbonyl (C=O) groups is 2. The van der Waals surface area contributed by atoms with E-state index in [4.69, 9.17) is 4.74 Å². The topological polar surface area (TPSA) is 55.4 Å². The average Bonchev–Trinajstić information content (AvgIpc) is 2.30. The molecule has 16 heavy (non-hydrogen) atoms. The van der Waals surface area contributed by atoms with Crippen LogP contribution in [-0.2, 0) is 14.3 Å². The molecule has 0 aromatic heterocycles. The van der Waals surface area contributed by atoms with Crippen LogP contribution in [-0.4, -0.2) is 44.0 Å². The van der Waals surface area contributed by atoms with Crippen molar-refractivity contribution in [1.82, 2.24) is 5.32 Å². The molecule has 0 aromatic rings. The van der Waals surface area contributed by atoms with Gasteiger partial charge in [-0.3, -0.25) is 9.59 Å². The van der Waals surface area contributed by atoms with Crippen molar-refractivity contribution < 1.29 is 14.3 Å². The lowest BCUT2D eigenvalue weighted by Gasteiger charge is -2.03. The van der Waals surface area contributed by atoms with Crippen LogP contribution >= 0.6 is 11.8 Å². The van der Waals surface area contributed by atoms with Crippen LogP contribution in [0.3, 0.4) is 0 Å². The van der Waals surface area contributed by atoms with Crippen molar-refractivity contribution in [3.05, 3.63) is 0 Å². The number of thioether (sulfide) groups is 1. The molecule has 0 bridgehead atoms. The molecule has 1 amide bonds. The molecule has 0 atom stereocenters. The van der Waals surface area contributed by atoms with E-state index in [9.17, 15) is 9.59 Å². The molecule has 4 nitrogen and oxygen atoms in total. The molecule has 0 rings (SSSR count). The van der Waals surface area contributed by atoms with Crippen LogP contribution in [0.1, 0.15) is 25.7 Å². The second-order valence-corrected chi connectivity index (χ2v) is 4.41. The molecule has 0 fully saturated rings. The largest absolute Gasteiger partial charge is 0.381 e. The Morgan fingerprint density at radius 3 is 2.56 bits per heavy atom. The molecule has 0 spiro atoms. The zero-order valence-electron chi connectivity index (χ0n) is 10.1. The van der Waals surface area contributed by atoms with E-state index in [0.717, 1.165) is 12.2 Å². The van der Waals surface area contributed by atoms with Gasteiger partial charge in [0.1, 0.15) is 5.78 Å². The molecular formula is C11H21NO3S. The van der Waals surface area contributed by atoms with Gasteiger partial charge in [0.2, 0.25) is 5.91 Å². The number of ketones is 1. The first-order valence-corrected chi connectivity index (χ1v) is 6.89. The van der Waals surface area contributed by atoms with Gasteiger partial charge in [0.25, 0.3) is 0 Å². The van der Waals surface area contributed by atoms with Crippen molar-refractivity contribution in [2.45, 2.75) is 25.7 Å². The number of hydrogen-bond acceptors (Lipinski definition) is 4. The third-order valence-electron chi connectivity index (χ3n) is 2.08. The van der Waals surface area contributed by atoms with Gasteiger partial charge in [0, 0.05) is 32.9 Å². The van der Waals surface area contributed by atoms with Crippen LogP contribution < -0.4 is 5.32 Å². The molecule has 0 aliphatic carbocycles. The number of hydrogen-bond donors (Lipinski definition) is 1. The zero-order valence-corrected chi connectivity index (χ0v) is 10.9. The summed E-state index contributed by atoms with van der Waals surface area (Å²) in [6.07, 6.45) is 4.37. The van der Waals surface area contributed by atoms with E-state index < -0.39 is 0 Å². The molecule has 0 radical (unpaired) electrons. The number of carbonyl (C=O) groups excluding carboxylic acids is 2. The van der Waals surface area contributed by atoms with E-state index in [1.807, 2.05) is 6.26 Å². The minimum Gasteiger partial charge on any atom is -0.381 e. The number of amides is 1. The highest BCUT2D eigenvalue weighted by Crippen LogP contribution is 2.01. The van der Waals surface area contributed by atoms with Crippen molar-refractivity contribution in [2.75, 3.05) is 32.3 Å². The quantitative estimate of drug-likeness (QED) is 0.590. The van der Waals surface area contributed by atoms with E-state index in [2.05, 4.69) is 5.32 Å². The average molecular weight is 247 g/mol. The zero-order chi connectivity index (χ0) is 12.2. The van der Waals surface area contributed by atoms with Gasteiger partial charge < -0.3 is 10.1 Å². The second-order valence-electron chi connectivity index (χ2n) is 3.42. The Hall–Kier alpha value is -0.550. The highest BCUT2D eigenvalue weighted by atomic mass is 32.2. The van der Waals surface area contributed by atoms with Gasteiger partial charge in [0.05, 0.1) is 6.61 Å². The Balaban J connectivity index is 3.20. The lowest BCUT2D eigenvalue weighted by Crippen LogP contribution is -2.19. The maximum Gasteiger partial charge on any atom is 0.222 e. The lowest BCUT2D eigenvalue weighted by atomic mass is 10.2. The summed E-state index contributed by atoms with van der Waals surface area (Å²) in [5.74, 6) is 1.18. The summed E-state index contributed by atoms with van der Waals surface area (Å²) in [7, 11) is 1.60. The minimum atomic E-state index is -0.0175. The second kappa shape index (κ2) is 11.0. The summed E-state index contributed by atoms with van der Waals surface area (Å²) in [4.78, 5) is 22.1. The highest BCUT2D eigenvalue weighted by molar-refractivity contribution is 7.98. The van der Waals surface area contributed by atoms with Gasteiger partial charge in [-0.15, -0.1) is 0 Å². The first kappa shape index (κ1) is 15.4. The van der Waals surface area contributed by atoms with Crippen molar-refractivity contribution >= 4 is 23.5 Å². The fourth-order valence-electron chi connectivity index (χ4n) is 1.10. The third kappa shape index (κ3) is 9.98. The summed E-state index contributed by atoms with van der Waals surface area (Å²) >= 11 is 1.69. The molecule has 94 valence electrons. The van der Waals surface area contributed by atoms with Crippen LogP contribution in [0, 0.1) is 0 Å². The summed E-state index contributed by atoms with van der Waals surface area (Å²) in [6.45, 7) is 0.987. The fraction of sp³-hybridized carbons (Fsp3) is 0.818. The SMILES string of the molecule is CNC(=O)CCOCCCC(=O)CCSC. The van der Waals surface area contributed by atoms with Gasteiger partial charge in [0.15, 0.2) is 0 Å². The number of Topliss-reactive ketones (excluding diaryl/α,β-unsaturated/α-hetero) is 1. The molecule has 0 aliphatic rings. The van der Waals surface area contributed by atoms with Gasteiger partial charge >= 0.3 is 0 Å². The maximum atomic E-state index is 11.3. The van der Waals surface area contributed by atoms with E-state index in [0.29, 0.717) is 38.3 Å². The van der Waals surface area contributed by atoms with Gasteiger partial charge in [-0.05, 0) is 18.4 Å². The number of nitrogens with one attached hydrogen (secondary N) is 1. The van der Waals surface area contributed by atoms with Gasteiger partial charge in [-0.1, -0.05) is 0 Å². The third-order valence-corrected chi connectivity index (χ3v) is 2.69. The summed E-state index contributed by atoms with van der Waals surface area (Å²) in [6, 6.07) is 0. The van der Waals surface area contributed by atoms with Gasteiger partial charge in [-0.2, -0.15) is 11.8 Å². The maximum absolute atomic E-state index is 11.3. The van der Waals surface area contributed by atoms with Crippen molar-refractivity contribution in [3.63, 3.8) is 0 Å². The number of rotatable bonds is 10. The van der Waals surface area contributed by atoms with E-state index in [-0.39, 0.29) is 5.91 Å². The van der Waals surface area contributed by atoms with Crippen LogP contribution in [0.25, 0.3) is 0 Å². The molecule has 1 N–H and O–H groups in total.